The van der Waals surface area contributed by atoms with Gasteiger partial charge in [0.1, 0.15) is 11.6 Å². The third kappa shape index (κ3) is 4.99. The Bertz CT molecular complexity index is 651. The molecule has 2 rings (SSSR count). The normalized spacial score (nSPS) is 12.3. The van der Waals surface area contributed by atoms with E-state index in [1.807, 2.05) is 38.1 Å². The SMILES string of the molecule is COC(=O)[C@H](CC(C)C)NC(=O)CSc1nc2ccccc2o1. The Morgan fingerprint density at radius 1 is 1.35 bits per heavy atom. The number of fused-ring (bicyclic) bond motifs is 1. The summed E-state index contributed by atoms with van der Waals surface area (Å²) in [7, 11) is 1.31. The van der Waals surface area contributed by atoms with E-state index in [1.165, 1.54) is 18.9 Å². The molecule has 2 aromatic rings. The van der Waals surface area contributed by atoms with Crippen molar-refractivity contribution in [1.82, 2.24) is 10.3 Å². The van der Waals surface area contributed by atoms with Gasteiger partial charge >= 0.3 is 5.97 Å². The lowest BCUT2D eigenvalue weighted by molar-refractivity contribution is -0.145. The van der Waals surface area contributed by atoms with Crippen molar-refractivity contribution in [2.75, 3.05) is 12.9 Å². The van der Waals surface area contributed by atoms with Crippen molar-refractivity contribution in [1.29, 1.82) is 0 Å². The molecular formula is C16H20N2O4S. The standard InChI is InChI=1S/C16H20N2O4S/c1-10(2)8-12(15(20)21-3)17-14(19)9-23-16-18-11-6-4-5-7-13(11)22-16/h4-7,10,12H,8-9H2,1-3H3,(H,17,19)/t12-/m0/s1. The van der Waals surface area contributed by atoms with Crippen LogP contribution in [0.5, 0.6) is 0 Å². The lowest BCUT2D eigenvalue weighted by Crippen LogP contribution is -2.43. The molecule has 0 aliphatic heterocycles. The highest BCUT2D eigenvalue weighted by atomic mass is 32.2. The van der Waals surface area contributed by atoms with Crippen molar-refractivity contribution in [3.63, 3.8) is 0 Å². The van der Waals surface area contributed by atoms with Crippen LogP contribution in [0.4, 0.5) is 0 Å². The molecule has 0 saturated carbocycles. The van der Waals surface area contributed by atoms with E-state index in [-0.39, 0.29) is 17.6 Å². The lowest BCUT2D eigenvalue weighted by atomic mass is 10.0. The highest BCUT2D eigenvalue weighted by molar-refractivity contribution is 7.99. The first kappa shape index (κ1) is 17.3. The molecule has 0 saturated heterocycles. The van der Waals surface area contributed by atoms with Gasteiger partial charge in [0, 0.05) is 0 Å². The van der Waals surface area contributed by atoms with Crippen molar-refractivity contribution < 1.29 is 18.7 Å². The molecule has 124 valence electrons. The molecule has 1 atom stereocenters. The zero-order valence-electron chi connectivity index (χ0n) is 13.4. The Kier molecular flexibility index (Phi) is 6.04. The molecule has 1 heterocycles. The topological polar surface area (TPSA) is 81.4 Å². The van der Waals surface area contributed by atoms with Gasteiger partial charge in [-0.15, -0.1) is 0 Å². The van der Waals surface area contributed by atoms with Gasteiger partial charge in [-0.1, -0.05) is 37.7 Å². The van der Waals surface area contributed by atoms with Crippen molar-refractivity contribution in [2.24, 2.45) is 5.92 Å². The van der Waals surface area contributed by atoms with Gasteiger partial charge < -0.3 is 14.5 Å². The molecule has 0 radical (unpaired) electrons. The highest BCUT2D eigenvalue weighted by Crippen LogP contribution is 2.22. The fourth-order valence-electron chi connectivity index (χ4n) is 2.10. The van der Waals surface area contributed by atoms with E-state index in [2.05, 4.69) is 10.3 Å². The third-order valence-corrected chi connectivity index (χ3v) is 3.96. The number of carbonyl (C=O) groups is 2. The molecule has 0 unspecified atom stereocenters. The second-order valence-electron chi connectivity index (χ2n) is 5.51. The van der Waals surface area contributed by atoms with E-state index in [0.29, 0.717) is 17.2 Å². The van der Waals surface area contributed by atoms with Crippen LogP contribution < -0.4 is 5.32 Å². The summed E-state index contributed by atoms with van der Waals surface area (Å²) >= 11 is 1.19. The van der Waals surface area contributed by atoms with Crippen LogP contribution in [-0.4, -0.2) is 35.8 Å². The fourth-order valence-corrected chi connectivity index (χ4v) is 2.75. The summed E-state index contributed by atoms with van der Waals surface area (Å²) in [5, 5.41) is 3.13. The Morgan fingerprint density at radius 2 is 2.09 bits per heavy atom. The molecular weight excluding hydrogens is 316 g/mol. The summed E-state index contributed by atoms with van der Waals surface area (Å²) in [6, 6.07) is 6.78. The number of para-hydroxylation sites is 2. The molecule has 0 aliphatic carbocycles. The molecule has 23 heavy (non-hydrogen) atoms. The number of ether oxygens (including phenoxy) is 1. The van der Waals surface area contributed by atoms with Gasteiger partial charge in [-0.3, -0.25) is 4.79 Å². The Hall–Kier alpha value is -2.02. The number of methoxy groups -OCH3 is 1. The fraction of sp³-hybridized carbons (Fsp3) is 0.438. The summed E-state index contributed by atoms with van der Waals surface area (Å²) in [4.78, 5) is 28.0. The van der Waals surface area contributed by atoms with E-state index in [1.54, 1.807) is 0 Å². The quantitative estimate of drug-likeness (QED) is 0.618. The molecule has 0 spiro atoms. The molecule has 0 bridgehead atoms. The van der Waals surface area contributed by atoms with Crippen LogP contribution in [0.15, 0.2) is 33.9 Å². The molecule has 0 aliphatic rings. The van der Waals surface area contributed by atoms with E-state index >= 15 is 0 Å². The molecule has 1 N–H and O–H groups in total. The number of benzene rings is 1. The van der Waals surface area contributed by atoms with E-state index in [4.69, 9.17) is 9.15 Å². The predicted octanol–water partition coefficient (Wildman–Crippen LogP) is 2.62. The lowest BCUT2D eigenvalue weighted by Gasteiger charge is -2.17. The highest BCUT2D eigenvalue weighted by Gasteiger charge is 2.22. The summed E-state index contributed by atoms with van der Waals surface area (Å²) in [6.07, 6.45) is 0.534. The number of amides is 1. The molecule has 1 amide bonds. The number of rotatable bonds is 7. The Labute approximate surface area is 139 Å². The maximum atomic E-state index is 12.0. The number of hydrogen-bond donors (Lipinski definition) is 1. The molecule has 1 aromatic carbocycles. The first-order valence-corrected chi connectivity index (χ1v) is 8.33. The maximum absolute atomic E-state index is 12.0. The molecule has 6 nitrogen and oxygen atoms in total. The van der Waals surface area contributed by atoms with Gasteiger partial charge in [0.05, 0.1) is 12.9 Å². The van der Waals surface area contributed by atoms with Gasteiger partial charge in [0.2, 0.25) is 5.91 Å². The van der Waals surface area contributed by atoms with Crippen LogP contribution in [0, 0.1) is 5.92 Å². The maximum Gasteiger partial charge on any atom is 0.328 e. The first-order chi connectivity index (χ1) is 11.0. The monoisotopic (exact) mass is 336 g/mol. The van der Waals surface area contributed by atoms with Crippen LogP contribution in [0.1, 0.15) is 20.3 Å². The van der Waals surface area contributed by atoms with Crippen molar-refractivity contribution in [2.45, 2.75) is 31.5 Å². The van der Waals surface area contributed by atoms with Crippen molar-refractivity contribution >= 4 is 34.7 Å². The number of aromatic nitrogens is 1. The molecule has 0 fully saturated rings. The smallest absolute Gasteiger partial charge is 0.328 e. The van der Waals surface area contributed by atoms with Gasteiger partial charge in [0.25, 0.3) is 5.22 Å². The zero-order valence-corrected chi connectivity index (χ0v) is 14.2. The van der Waals surface area contributed by atoms with Crippen LogP contribution in [0.3, 0.4) is 0 Å². The average molecular weight is 336 g/mol. The van der Waals surface area contributed by atoms with Gasteiger partial charge in [-0.25, -0.2) is 9.78 Å². The van der Waals surface area contributed by atoms with E-state index in [9.17, 15) is 9.59 Å². The number of thioether (sulfide) groups is 1. The van der Waals surface area contributed by atoms with Gasteiger partial charge in [-0.2, -0.15) is 0 Å². The Balaban J connectivity index is 1.91. The summed E-state index contributed by atoms with van der Waals surface area (Å²) in [5.41, 5.74) is 1.44. The van der Waals surface area contributed by atoms with Crippen molar-refractivity contribution in [3.05, 3.63) is 24.3 Å². The third-order valence-electron chi connectivity index (χ3n) is 3.13. The van der Waals surface area contributed by atoms with Gasteiger partial charge in [0.15, 0.2) is 5.58 Å². The largest absolute Gasteiger partial charge is 0.467 e. The number of nitrogens with one attached hydrogen (secondary N) is 1. The van der Waals surface area contributed by atoms with E-state index in [0.717, 1.165) is 5.52 Å². The second kappa shape index (κ2) is 8.01. The minimum absolute atomic E-state index is 0.123. The summed E-state index contributed by atoms with van der Waals surface area (Å²) in [5.74, 6) is -0.297. The van der Waals surface area contributed by atoms with Crippen molar-refractivity contribution in [3.8, 4) is 0 Å². The number of oxazole rings is 1. The van der Waals surface area contributed by atoms with Crippen LogP contribution in [0.2, 0.25) is 0 Å². The second-order valence-corrected chi connectivity index (χ2v) is 6.44. The minimum atomic E-state index is -0.628. The van der Waals surface area contributed by atoms with E-state index < -0.39 is 12.0 Å². The number of hydrogen-bond acceptors (Lipinski definition) is 6. The minimum Gasteiger partial charge on any atom is -0.467 e. The number of nitrogens with zero attached hydrogens (tertiary/aromatic N) is 1. The average Bonchev–Trinajstić information content (AvgIpc) is 2.94. The zero-order chi connectivity index (χ0) is 16.8. The Morgan fingerprint density at radius 3 is 2.74 bits per heavy atom. The van der Waals surface area contributed by atoms with Crippen LogP contribution in [0.25, 0.3) is 11.1 Å². The summed E-state index contributed by atoms with van der Waals surface area (Å²) in [6.45, 7) is 3.96. The first-order valence-electron chi connectivity index (χ1n) is 7.35. The summed E-state index contributed by atoms with van der Waals surface area (Å²) < 4.78 is 10.3. The predicted molar refractivity (Wildman–Crippen MR) is 88.1 cm³/mol. The van der Waals surface area contributed by atoms with Crippen LogP contribution in [-0.2, 0) is 14.3 Å². The van der Waals surface area contributed by atoms with Gasteiger partial charge in [-0.05, 0) is 24.5 Å². The molecule has 1 aromatic heterocycles. The molecule has 7 heteroatoms. The number of carbonyl (C=O) groups excluding carboxylic acids is 2. The van der Waals surface area contributed by atoms with Crippen LogP contribution >= 0.6 is 11.8 Å². The number of esters is 1.